The number of rotatable bonds is 11. The highest BCUT2D eigenvalue weighted by Crippen LogP contribution is 2.18. The largest absolute Gasteiger partial charge is 0.493 e. The van der Waals surface area contributed by atoms with Crippen LogP contribution in [0, 0.1) is 0 Å². The molecular weight excluding hydrogens is 472 g/mol. The summed E-state index contributed by atoms with van der Waals surface area (Å²) >= 11 is 0. The van der Waals surface area contributed by atoms with Gasteiger partial charge < -0.3 is 10.1 Å². The van der Waals surface area contributed by atoms with E-state index in [2.05, 4.69) is 10.0 Å². The maximum absolute atomic E-state index is 12.7. The maximum Gasteiger partial charge on any atom is 0.255 e. The highest BCUT2D eigenvalue weighted by molar-refractivity contribution is 7.89. The summed E-state index contributed by atoms with van der Waals surface area (Å²) < 4.78 is 33.6. The summed E-state index contributed by atoms with van der Waals surface area (Å²) in [4.78, 5) is 12.9. The molecule has 1 amide bonds. The van der Waals surface area contributed by atoms with E-state index in [-0.39, 0.29) is 10.8 Å². The van der Waals surface area contributed by atoms with Crippen LogP contribution < -0.4 is 14.8 Å². The van der Waals surface area contributed by atoms with Crippen molar-refractivity contribution in [2.45, 2.75) is 17.7 Å². The average Bonchev–Trinajstić information content (AvgIpc) is 2.90. The van der Waals surface area contributed by atoms with Crippen LogP contribution in [-0.4, -0.2) is 27.5 Å². The molecule has 4 aromatic carbocycles. The zero-order chi connectivity index (χ0) is 25.2. The Bertz CT molecular complexity index is 1370. The normalized spacial score (nSPS) is 11.1. The summed E-state index contributed by atoms with van der Waals surface area (Å²) in [6.45, 7) is 0.805. The van der Waals surface area contributed by atoms with Crippen molar-refractivity contribution in [1.82, 2.24) is 4.72 Å². The first-order valence-corrected chi connectivity index (χ1v) is 13.2. The number of hydrogen-bond acceptors (Lipinski definition) is 4. The second kappa shape index (κ2) is 12.2. The molecule has 36 heavy (non-hydrogen) atoms. The van der Waals surface area contributed by atoms with E-state index in [0.717, 1.165) is 12.0 Å². The summed E-state index contributed by atoms with van der Waals surface area (Å²) in [6, 6.07) is 32.8. The zero-order valence-corrected chi connectivity index (χ0v) is 20.6. The van der Waals surface area contributed by atoms with Crippen molar-refractivity contribution in [3.8, 4) is 5.75 Å². The van der Waals surface area contributed by atoms with Crippen molar-refractivity contribution in [1.29, 1.82) is 0 Å². The number of ether oxygens (including phenoxy) is 1. The third-order valence-electron chi connectivity index (χ3n) is 5.57. The Balaban J connectivity index is 1.30. The number of sulfonamides is 1. The van der Waals surface area contributed by atoms with Crippen molar-refractivity contribution in [3.05, 3.63) is 126 Å². The van der Waals surface area contributed by atoms with Crippen molar-refractivity contribution in [2.24, 2.45) is 0 Å². The van der Waals surface area contributed by atoms with Gasteiger partial charge in [0.25, 0.3) is 5.91 Å². The van der Waals surface area contributed by atoms with Gasteiger partial charge in [-0.1, -0.05) is 66.7 Å². The summed E-state index contributed by atoms with van der Waals surface area (Å²) in [6.07, 6.45) is 1.37. The van der Waals surface area contributed by atoms with Crippen molar-refractivity contribution >= 4 is 21.6 Å². The van der Waals surface area contributed by atoms with Crippen molar-refractivity contribution in [2.75, 3.05) is 18.5 Å². The molecule has 0 aliphatic rings. The van der Waals surface area contributed by atoms with Crippen LogP contribution in [0.15, 0.2) is 114 Å². The first kappa shape index (κ1) is 25.2. The maximum atomic E-state index is 12.7. The summed E-state index contributed by atoms with van der Waals surface area (Å²) in [5, 5.41) is 2.80. The Morgan fingerprint density at radius 2 is 1.36 bits per heavy atom. The molecule has 0 aromatic heterocycles. The molecule has 0 aliphatic carbocycles. The lowest BCUT2D eigenvalue weighted by Gasteiger charge is -2.10. The first-order chi connectivity index (χ1) is 17.5. The lowest BCUT2D eigenvalue weighted by Crippen LogP contribution is -2.26. The molecule has 184 valence electrons. The van der Waals surface area contributed by atoms with Gasteiger partial charge in [0.1, 0.15) is 5.75 Å². The zero-order valence-electron chi connectivity index (χ0n) is 19.8. The van der Waals surface area contributed by atoms with Gasteiger partial charge in [0.15, 0.2) is 0 Å². The fourth-order valence-electron chi connectivity index (χ4n) is 3.64. The van der Waals surface area contributed by atoms with Crippen LogP contribution in [-0.2, 0) is 22.9 Å². The number of carbonyl (C=O) groups excluding carboxylic acids is 1. The summed E-state index contributed by atoms with van der Waals surface area (Å²) in [5.74, 6) is 0.307. The van der Waals surface area contributed by atoms with Crippen LogP contribution in [0.1, 0.15) is 21.5 Å². The van der Waals surface area contributed by atoms with Gasteiger partial charge >= 0.3 is 0 Å². The average molecular weight is 501 g/mol. The molecule has 0 atom stereocenters. The Hall–Kier alpha value is -3.94. The third-order valence-corrected chi connectivity index (χ3v) is 7.05. The van der Waals surface area contributed by atoms with Gasteiger partial charge in [-0.05, 0) is 60.0 Å². The molecule has 0 fully saturated rings. The van der Waals surface area contributed by atoms with Crippen LogP contribution in [0.3, 0.4) is 0 Å². The molecule has 0 bridgehead atoms. The molecule has 0 heterocycles. The Morgan fingerprint density at radius 3 is 2.03 bits per heavy atom. The van der Waals surface area contributed by atoms with Crippen LogP contribution in [0.4, 0.5) is 5.69 Å². The van der Waals surface area contributed by atoms with E-state index >= 15 is 0 Å². The SMILES string of the molecule is O=C(Nc1ccc(S(=O)(=O)NCCc2ccccc2)cc1)c1cccc(OCCc2ccccc2)c1. The highest BCUT2D eigenvalue weighted by atomic mass is 32.2. The third kappa shape index (κ3) is 7.28. The predicted molar refractivity (Wildman–Crippen MR) is 142 cm³/mol. The van der Waals surface area contributed by atoms with Gasteiger partial charge in [-0.2, -0.15) is 0 Å². The monoisotopic (exact) mass is 500 g/mol. The minimum atomic E-state index is -3.64. The lowest BCUT2D eigenvalue weighted by molar-refractivity contribution is 0.102. The fraction of sp³-hybridized carbons (Fsp3) is 0.138. The van der Waals surface area contributed by atoms with Gasteiger partial charge in [0.2, 0.25) is 10.0 Å². The molecule has 0 radical (unpaired) electrons. The molecule has 6 nitrogen and oxygen atoms in total. The van der Waals surface area contributed by atoms with Gasteiger partial charge in [0, 0.05) is 24.2 Å². The number of nitrogens with one attached hydrogen (secondary N) is 2. The fourth-order valence-corrected chi connectivity index (χ4v) is 4.67. The van der Waals surface area contributed by atoms with Gasteiger partial charge in [-0.25, -0.2) is 13.1 Å². The lowest BCUT2D eigenvalue weighted by atomic mass is 10.1. The number of anilines is 1. The number of hydrogen-bond donors (Lipinski definition) is 2. The number of amides is 1. The summed E-state index contributed by atoms with van der Waals surface area (Å²) in [7, 11) is -3.64. The second-order valence-corrected chi connectivity index (χ2v) is 9.99. The van der Waals surface area contributed by atoms with Gasteiger partial charge in [-0.15, -0.1) is 0 Å². The molecule has 0 saturated carbocycles. The van der Waals surface area contributed by atoms with Crippen LogP contribution >= 0.6 is 0 Å². The molecule has 0 aliphatic heterocycles. The minimum absolute atomic E-state index is 0.141. The molecule has 4 aromatic rings. The van der Waals surface area contributed by atoms with E-state index in [0.29, 0.717) is 36.6 Å². The molecule has 2 N–H and O–H groups in total. The molecule has 4 rings (SSSR count). The van der Waals surface area contributed by atoms with Gasteiger partial charge in [0.05, 0.1) is 11.5 Å². The highest BCUT2D eigenvalue weighted by Gasteiger charge is 2.14. The van der Waals surface area contributed by atoms with Gasteiger partial charge in [-0.3, -0.25) is 4.79 Å². The molecule has 0 saturated heterocycles. The topological polar surface area (TPSA) is 84.5 Å². The van der Waals surface area contributed by atoms with Crippen LogP contribution in [0.5, 0.6) is 5.75 Å². The van der Waals surface area contributed by atoms with E-state index in [9.17, 15) is 13.2 Å². The van der Waals surface area contributed by atoms with Crippen molar-refractivity contribution in [3.63, 3.8) is 0 Å². The predicted octanol–water partition coefficient (Wildman–Crippen LogP) is 5.08. The first-order valence-electron chi connectivity index (χ1n) is 11.7. The quantitative estimate of drug-likeness (QED) is 0.301. The van der Waals surface area contributed by atoms with E-state index in [1.165, 1.54) is 17.7 Å². The Morgan fingerprint density at radius 1 is 0.722 bits per heavy atom. The standard InChI is InChI=1S/C29H28N2O4S/c32-29(25-12-7-13-27(22-25)35-21-19-24-10-5-2-6-11-24)31-26-14-16-28(17-15-26)36(33,34)30-20-18-23-8-3-1-4-9-23/h1-17,22,30H,18-21H2,(H,31,32). The van der Waals surface area contributed by atoms with E-state index < -0.39 is 10.0 Å². The summed E-state index contributed by atoms with van der Waals surface area (Å²) in [5.41, 5.74) is 3.19. The van der Waals surface area contributed by atoms with E-state index in [1.807, 2.05) is 66.7 Å². The minimum Gasteiger partial charge on any atom is -0.493 e. The van der Waals surface area contributed by atoms with E-state index in [4.69, 9.17) is 4.74 Å². The van der Waals surface area contributed by atoms with Crippen LogP contribution in [0.25, 0.3) is 0 Å². The molecule has 0 unspecified atom stereocenters. The number of benzene rings is 4. The van der Waals surface area contributed by atoms with Crippen molar-refractivity contribution < 1.29 is 17.9 Å². The second-order valence-electron chi connectivity index (χ2n) is 8.22. The Kier molecular flexibility index (Phi) is 8.49. The molecular formula is C29H28N2O4S. The molecule has 0 spiro atoms. The molecule has 7 heteroatoms. The smallest absolute Gasteiger partial charge is 0.255 e. The number of carbonyl (C=O) groups is 1. The van der Waals surface area contributed by atoms with Crippen LogP contribution in [0.2, 0.25) is 0 Å². The van der Waals surface area contributed by atoms with E-state index in [1.54, 1.807) is 30.3 Å². The Labute approximate surface area is 212 Å².